The van der Waals surface area contributed by atoms with Crippen LogP contribution in [0.2, 0.25) is 0 Å². The van der Waals surface area contributed by atoms with Gasteiger partial charge in [0.2, 0.25) is 11.7 Å². The number of non-ortho nitro benzene ring substituents is 1. The van der Waals surface area contributed by atoms with Crippen LogP contribution < -0.4 is 19.1 Å². The summed E-state index contributed by atoms with van der Waals surface area (Å²) in [5, 5.41) is 10.9. The van der Waals surface area contributed by atoms with Crippen LogP contribution in [-0.2, 0) is 17.6 Å². The van der Waals surface area contributed by atoms with Gasteiger partial charge < -0.3 is 19.1 Å². The number of rotatable bonds is 6. The predicted octanol–water partition coefficient (Wildman–Crippen LogP) is 2.75. The number of hydrogen-bond acceptors (Lipinski definition) is 6. The molecule has 0 saturated heterocycles. The fourth-order valence-corrected chi connectivity index (χ4v) is 3.27. The molecule has 0 aromatic heterocycles. The number of methoxy groups -OCH3 is 3. The van der Waals surface area contributed by atoms with Gasteiger partial charge in [-0.1, -0.05) is 0 Å². The number of nitro benzene ring substituents is 1. The lowest BCUT2D eigenvalue weighted by atomic mass is 10.1. The van der Waals surface area contributed by atoms with E-state index in [0.717, 1.165) is 16.8 Å². The number of nitro groups is 1. The summed E-state index contributed by atoms with van der Waals surface area (Å²) in [5.41, 5.74) is 2.29. The summed E-state index contributed by atoms with van der Waals surface area (Å²) in [6, 6.07) is 8.07. The number of fused-ring (bicyclic) bond motifs is 1. The summed E-state index contributed by atoms with van der Waals surface area (Å²) in [6.45, 7) is 0.500. The summed E-state index contributed by atoms with van der Waals surface area (Å²) in [4.78, 5) is 25.0. The van der Waals surface area contributed by atoms with Gasteiger partial charge in [-0.3, -0.25) is 14.9 Å². The zero-order chi connectivity index (χ0) is 19.6. The molecule has 1 aliphatic heterocycles. The van der Waals surface area contributed by atoms with Crippen LogP contribution in [0.25, 0.3) is 0 Å². The number of ether oxygens (including phenoxy) is 3. The quantitative estimate of drug-likeness (QED) is 0.572. The Labute approximate surface area is 156 Å². The van der Waals surface area contributed by atoms with Gasteiger partial charge in [0, 0.05) is 24.4 Å². The van der Waals surface area contributed by atoms with E-state index in [-0.39, 0.29) is 18.0 Å². The molecule has 3 rings (SSSR count). The summed E-state index contributed by atoms with van der Waals surface area (Å²) in [7, 11) is 4.56. The maximum Gasteiger partial charge on any atom is 0.269 e. The third-order valence-corrected chi connectivity index (χ3v) is 4.55. The van der Waals surface area contributed by atoms with E-state index in [2.05, 4.69) is 0 Å². The van der Waals surface area contributed by atoms with E-state index in [1.165, 1.54) is 33.5 Å². The topological polar surface area (TPSA) is 91.1 Å². The van der Waals surface area contributed by atoms with E-state index in [4.69, 9.17) is 14.2 Å². The van der Waals surface area contributed by atoms with Crippen molar-refractivity contribution in [1.29, 1.82) is 0 Å². The Hall–Kier alpha value is -3.29. The summed E-state index contributed by atoms with van der Waals surface area (Å²) >= 11 is 0. The van der Waals surface area contributed by atoms with Crippen molar-refractivity contribution in [3.8, 4) is 17.2 Å². The van der Waals surface area contributed by atoms with Crippen molar-refractivity contribution >= 4 is 17.3 Å². The molecular weight excluding hydrogens is 352 g/mol. The van der Waals surface area contributed by atoms with Gasteiger partial charge in [-0.2, -0.15) is 0 Å². The first-order chi connectivity index (χ1) is 13.0. The molecule has 142 valence electrons. The second kappa shape index (κ2) is 7.53. The smallest absolute Gasteiger partial charge is 0.269 e. The highest BCUT2D eigenvalue weighted by atomic mass is 16.6. The van der Waals surface area contributed by atoms with Gasteiger partial charge in [0.15, 0.2) is 11.5 Å². The highest BCUT2D eigenvalue weighted by Crippen LogP contribution is 2.39. The molecule has 8 nitrogen and oxygen atoms in total. The molecule has 0 fully saturated rings. The Bertz CT molecular complexity index is 871. The Morgan fingerprint density at radius 1 is 1.11 bits per heavy atom. The van der Waals surface area contributed by atoms with Crippen LogP contribution in [0.3, 0.4) is 0 Å². The van der Waals surface area contributed by atoms with Crippen molar-refractivity contribution in [2.24, 2.45) is 0 Å². The highest BCUT2D eigenvalue weighted by molar-refractivity contribution is 5.97. The molecule has 0 aliphatic carbocycles. The van der Waals surface area contributed by atoms with E-state index in [0.29, 0.717) is 30.2 Å². The van der Waals surface area contributed by atoms with Gasteiger partial charge in [-0.25, -0.2) is 0 Å². The molecule has 0 unspecified atom stereocenters. The van der Waals surface area contributed by atoms with Gasteiger partial charge >= 0.3 is 0 Å². The normalized spacial score (nSPS) is 12.5. The number of hydrogen-bond donors (Lipinski definition) is 0. The fraction of sp³-hybridized carbons (Fsp3) is 0.316. The average Bonchev–Trinajstić information content (AvgIpc) is 3.10. The van der Waals surface area contributed by atoms with E-state index in [1.54, 1.807) is 23.1 Å². The lowest BCUT2D eigenvalue weighted by molar-refractivity contribution is -0.384. The molecule has 0 saturated carbocycles. The Balaban J connectivity index is 1.84. The van der Waals surface area contributed by atoms with Crippen molar-refractivity contribution in [3.63, 3.8) is 0 Å². The molecule has 27 heavy (non-hydrogen) atoms. The molecule has 1 amide bonds. The molecule has 0 N–H and O–H groups in total. The molecule has 0 radical (unpaired) electrons. The van der Waals surface area contributed by atoms with Crippen LogP contribution in [0.5, 0.6) is 17.2 Å². The highest BCUT2D eigenvalue weighted by Gasteiger charge is 2.27. The monoisotopic (exact) mass is 372 g/mol. The van der Waals surface area contributed by atoms with E-state index in [1.807, 2.05) is 0 Å². The lowest BCUT2D eigenvalue weighted by Crippen LogP contribution is -2.30. The number of benzene rings is 2. The SMILES string of the molecule is COc1cc(CC(=O)N2CCc3cc([N+](=O)[O-])ccc32)cc(OC)c1OC. The first-order valence-corrected chi connectivity index (χ1v) is 8.35. The van der Waals surface area contributed by atoms with Gasteiger partial charge in [-0.05, 0) is 35.7 Å². The first-order valence-electron chi connectivity index (χ1n) is 8.35. The zero-order valence-corrected chi connectivity index (χ0v) is 15.4. The number of carbonyl (C=O) groups excluding carboxylic acids is 1. The maximum atomic E-state index is 12.8. The average molecular weight is 372 g/mol. The Morgan fingerprint density at radius 2 is 1.78 bits per heavy atom. The van der Waals surface area contributed by atoms with Crippen LogP contribution in [0, 0.1) is 10.1 Å². The molecule has 0 spiro atoms. The van der Waals surface area contributed by atoms with Crippen molar-refractivity contribution in [2.45, 2.75) is 12.8 Å². The standard InChI is InChI=1S/C19H20N2O6/c1-25-16-8-12(9-17(26-2)19(16)27-3)10-18(22)20-7-6-13-11-14(21(23)24)4-5-15(13)20/h4-5,8-9,11H,6-7,10H2,1-3H3. The molecule has 1 aliphatic rings. The van der Waals surface area contributed by atoms with Gasteiger partial charge in [-0.15, -0.1) is 0 Å². The molecule has 0 bridgehead atoms. The van der Waals surface area contributed by atoms with Crippen LogP contribution in [0.1, 0.15) is 11.1 Å². The molecular formula is C19H20N2O6. The zero-order valence-electron chi connectivity index (χ0n) is 15.4. The van der Waals surface area contributed by atoms with Gasteiger partial charge in [0.25, 0.3) is 5.69 Å². The second-order valence-corrected chi connectivity index (χ2v) is 6.08. The van der Waals surface area contributed by atoms with Crippen molar-refractivity contribution in [1.82, 2.24) is 0 Å². The van der Waals surface area contributed by atoms with E-state index in [9.17, 15) is 14.9 Å². The Morgan fingerprint density at radius 3 is 2.33 bits per heavy atom. The van der Waals surface area contributed by atoms with Crippen molar-refractivity contribution < 1.29 is 23.9 Å². The third kappa shape index (κ3) is 3.51. The lowest BCUT2D eigenvalue weighted by Gasteiger charge is -2.18. The van der Waals surface area contributed by atoms with Crippen LogP contribution in [0.4, 0.5) is 11.4 Å². The van der Waals surface area contributed by atoms with E-state index >= 15 is 0 Å². The minimum absolute atomic E-state index is 0.0349. The van der Waals surface area contributed by atoms with Crippen LogP contribution in [0.15, 0.2) is 30.3 Å². The van der Waals surface area contributed by atoms with Gasteiger partial charge in [0.1, 0.15) is 0 Å². The van der Waals surface area contributed by atoms with Crippen molar-refractivity contribution in [2.75, 3.05) is 32.8 Å². The molecule has 1 heterocycles. The third-order valence-electron chi connectivity index (χ3n) is 4.55. The van der Waals surface area contributed by atoms with Gasteiger partial charge in [0.05, 0.1) is 32.7 Å². The second-order valence-electron chi connectivity index (χ2n) is 6.08. The summed E-state index contributed by atoms with van der Waals surface area (Å²) in [5.74, 6) is 1.33. The van der Waals surface area contributed by atoms with Crippen LogP contribution in [-0.4, -0.2) is 38.7 Å². The molecule has 2 aromatic rings. The maximum absolute atomic E-state index is 12.8. The largest absolute Gasteiger partial charge is 0.493 e. The predicted molar refractivity (Wildman–Crippen MR) is 99.0 cm³/mol. The van der Waals surface area contributed by atoms with Crippen LogP contribution >= 0.6 is 0 Å². The summed E-state index contributed by atoms with van der Waals surface area (Å²) in [6.07, 6.45) is 0.741. The molecule has 2 aromatic carbocycles. The number of carbonyl (C=O) groups is 1. The minimum atomic E-state index is -0.430. The van der Waals surface area contributed by atoms with E-state index < -0.39 is 4.92 Å². The van der Waals surface area contributed by atoms with Crippen molar-refractivity contribution in [3.05, 3.63) is 51.6 Å². The number of amides is 1. The summed E-state index contributed by atoms with van der Waals surface area (Å²) < 4.78 is 15.9. The minimum Gasteiger partial charge on any atom is -0.493 e. The Kier molecular flexibility index (Phi) is 5.16. The fourth-order valence-electron chi connectivity index (χ4n) is 3.27. The molecule has 0 atom stereocenters. The number of anilines is 1. The molecule has 8 heteroatoms. The number of nitrogens with zero attached hydrogens (tertiary/aromatic N) is 2. The first kappa shape index (κ1) is 18.5.